The average molecular weight is 270 g/mol. The Labute approximate surface area is 120 Å². The quantitative estimate of drug-likeness (QED) is 0.819. The van der Waals surface area contributed by atoms with Crippen LogP contribution >= 0.6 is 0 Å². The topological polar surface area (TPSA) is 49.5 Å². The van der Waals surface area contributed by atoms with Crippen LogP contribution in [-0.4, -0.2) is 16.0 Å². The number of hydrogen-bond acceptors (Lipinski definition) is 3. The molecule has 2 rings (SSSR count). The number of hydrogen-bond donors (Lipinski definition) is 2. The monoisotopic (exact) mass is 270 g/mol. The third kappa shape index (κ3) is 3.75. The maximum atomic E-state index is 9.56. The zero-order valence-corrected chi connectivity index (χ0v) is 12.1. The van der Waals surface area contributed by atoms with E-state index in [2.05, 4.69) is 24.8 Å². The number of nitrogen functional groups attached to an aromatic ring is 1. The van der Waals surface area contributed by atoms with Crippen molar-refractivity contribution in [3.63, 3.8) is 0 Å². The summed E-state index contributed by atoms with van der Waals surface area (Å²) >= 11 is 0. The molecule has 0 aliphatic rings. The van der Waals surface area contributed by atoms with Crippen molar-refractivity contribution in [2.45, 2.75) is 33.0 Å². The molecule has 20 heavy (non-hydrogen) atoms. The summed E-state index contributed by atoms with van der Waals surface area (Å²) in [5, 5.41) is 9.56. The van der Waals surface area contributed by atoms with Crippen molar-refractivity contribution in [2.24, 2.45) is 0 Å². The molecule has 0 fully saturated rings. The largest absolute Gasteiger partial charge is 0.508 e. The first-order chi connectivity index (χ1) is 9.56. The fourth-order valence-electron chi connectivity index (χ4n) is 2.21. The van der Waals surface area contributed by atoms with Gasteiger partial charge in [-0.2, -0.15) is 0 Å². The summed E-state index contributed by atoms with van der Waals surface area (Å²) in [7, 11) is 0. The first-order valence-corrected chi connectivity index (χ1v) is 6.91. The summed E-state index contributed by atoms with van der Waals surface area (Å²) in [6, 6.07) is 15.8. The van der Waals surface area contributed by atoms with E-state index in [9.17, 15) is 5.11 Å². The zero-order chi connectivity index (χ0) is 14.5. The Morgan fingerprint density at radius 1 is 1.05 bits per heavy atom. The number of rotatable bonds is 5. The fourth-order valence-corrected chi connectivity index (χ4v) is 2.21. The van der Waals surface area contributed by atoms with Gasteiger partial charge in [-0.05, 0) is 43.2 Å². The van der Waals surface area contributed by atoms with Crippen molar-refractivity contribution < 1.29 is 5.11 Å². The molecule has 0 bridgehead atoms. The van der Waals surface area contributed by atoms with E-state index in [-0.39, 0.29) is 0 Å². The third-order valence-electron chi connectivity index (χ3n) is 3.46. The van der Waals surface area contributed by atoms with E-state index < -0.39 is 0 Å². The minimum absolute atomic E-state index is 0.311. The number of phenolic OH excluding ortho intramolecular Hbond substituents is 1. The highest BCUT2D eigenvalue weighted by Crippen LogP contribution is 2.19. The summed E-state index contributed by atoms with van der Waals surface area (Å²) in [4.78, 5) is 2.33. The van der Waals surface area contributed by atoms with Crippen LogP contribution in [-0.2, 0) is 13.1 Å². The van der Waals surface area contributed by atoms with E-state index in [0.29, 0.717) is 11.8 Å². The Morgan fingerprint density at radius 2 is 1.80 bits per heavy atom. The van der Waals surface area contributed by atoms with E-state index >= 15 is 0 Å². The highest BCUT2D eigenvalue weighted by Gasteiger charge is 2.12. The van der Waals surface area contributed by atoms with Crippen LogP contribution in [0.25, 0.3) is 0 Å². The van der Waals surface area contributed by atoms with Crippen LogP contribution in [0.2, 0.25) is 0 Å². The van der Waals surface area contributed by atoms with Gasteiger partial charge in [0.15, 0.2) is 0 Å². The molecule has 0 aliphatic carbocycles. The molecule has 2 aromatic rings. The normalized spacial score (nSPS) is 11.2. The molecule has 3 heteroatoms. The molecule has 0 unspecified atom stereocenters. The van der Waals surface area contributed by atoms with Gasteiger partial charge in [0, 0.05) is 24.8 Å². The molecule has 0 atom stereocenters. The second kappa shape index (κ2) is 6.44. The Morgan fingerprint density at radius 3 is 2.45 bits per heavy atom. The summed E-state index contributed by atoms with van der Waals surface area (Å²) in [5.41, 5.74) is 9.09. The van der Waals surface area contributed by atoms with Crippen LogP contribution in [0.5, 0.6) is 5.75 Å². The standard InChI is InChI=1S/C17H22N2O/c1-13(2)19(11-14-6-5-8-16(20)10-14)12-15-7-3-4-9-17(15)18/h3-10,13,20H,11-12,18H2,1-2H3. The van der Waals surface area contributed by atoms with Gasteiger partial charge in [0.05, 0.1) is 0 Å². The lowest BCUT2D eigenvalue weighted by molar-refractivity contribution is 0.204. The lowest BCUT2D eigenvalue weighted by Crippen LogP contribution is -2.30. The number of phenols is 1. The van der Waals surface area contributed by atoms with Crippen LogP contribution in [0.1, 0.15) is 25.0 Å². The van der Waals surface area contributed by atoms with Gasteiger partial charge >= 0.3 is 0 Å². The van der Waals surface area contributed by atoms with Gasteiger partial charge in [-0.3, -0.25) is 4.90 Å². The summed E-state index contributed by atoms with van der Waals surface area (Å²) in [5.74, 6) is 0.311. The number of benzene rings is 2. The van der Waals surface area contributed by atoms with Crippen molar-refractivity contribution in [3.8, 4) is 5.75 Å². The van der Waals surface area contributed by atoms with Crippen molar-refractivity contribution in [1.82, 2.24) is 4.90 Å². The lowest BCUT2D eigenvalue weighted by atomic mass is 10.1. The molecular formula is C17H22N2O. The van der Waals surface area contributed by atoms with E-state index in [4.69, 9.17) is 5.73 Å². The molecule has 106 valence electrons. The van der Waals surface area contributed by atoms with Gasteiger partial charge in [0.1, 0.15) is 5.75 Å². The smallest absolute Gasteiger partial charge is 0.115 e. The predicted molar refractivity (Wildman–Crippen MR) is 83.3 cm³/mol. The molecule has 0 aliphatic heterocycles. The number of nitrogens with two attached hydrogens (primary N) is 1. The first-order valence-electron chi connectivity index (χ1n) is 6.91. The number of aromatic hydroxyl groups is 1. The van der Waals surface area contributed by atoms with Crippen LogP contribution in [0.3, 0.4) is 0 Å². The Bertz CT molecular complexity index is 566. The van der Waals surface area contributed by atoms with Crippen molar-refractivity contribution in [1.29, 1.82) is 0 Å². The highest BCUT2D eigenvalue weighted by molar-refractivity contribution is 5.46. The molecule has 0 saturated heterocycles. The second-order valence-electron chi connectivity index (χ2n) is 5.37. The molecule has 2 aromatic carbocycles. The molecular weight excluding hydrogens is 248 g/mol. The molecule has 0 aromatic heterocycles. The minimum atomic E-state index is 0.311. The highest BCUT2D eigenvalue weighted by atomic mass is 16.3. The Hall–Kier alpha value is -2.00. The van der Waals surface area contributed by atoms with E-state index in [1.165, 1.54) is 0 Å². The lowest BCUT2D eigenvalue weighted by Gasteiger charge is -2.27. The van der Waals surface area contributed by atoms with Crippen LogP contribution in [0, 0.1) is 0 Å². The van der Waals surface area contributed by atoms with E-state index in [1.807, 2.05) is 36.4 Å². The molecule has 0 radical (unpaired) electrons. The van der Waals surface area contributed by atoms with Crippen molar-refractivity contribution in [2.75, 3.05) is 5.73 Å². The van der Waals surface area contributed by atoms with E-state index in [0.717, 1.165) is 29.9 Å². The van der Waals surface area contributed by atoms with Gasteiger partial charge in [0.25, 0.3) is 0 Å². The predicted octanol–water partition coefficient (Wildman–Crippen LogP) is 3.39. The molecule has 3 N–H and O–H groups in total. The number of anilines is 1. The average Bonchev–Trinajstić information content (AvgIpc) is 2.40. The van der Waals surface area contributed by atoms with Crippen LogP contribution in [0.4, 0.5) is 5.69 Å². The van der Waals surface area contributed by atoms with Gasteiger partial charge in [-0.1, -0.05) is 30.3 Å². The zero-order valence-electron chi connectivity index (χ0n) is 12.1. The van der Waals surface area contributed by atoms with Crippen molar-refractivity contribution in [3.05, 3.63) is 59.7 Å². The van der Waals surface area contributed by atoms with Gasteiger partial charge in [0.2, 0.25) is 0 Å². The molecule has 0 amide bonds. The van der Waals surface area contributed by atoms with Crippen LogP contribution < -0.4 is 5.73 Å². The maximum Gasteiger partial charge on any atom is 0.115 e. The minimum Gasteiger partial charge on any atom is -0.508 e. The first kappa shape index (κ1) is 14.4. The summed E-state index contributed by atoms with van der Waals surface area (Å²) in [6.07, 6.45) is 0. The Kier molecular flexibility index (Phi) is 4.64. The number of nitrogens with zero attached hydrogens (tertiary/aromatic N) is 1. The molecule has 0 heterocycles. The molecule has 3 nitrogen and oxygen atoms in total. The summed E-state index contributed by atoms with van der Waals surface area (Å²) in [6.45, 7) is 5.93. The molecule has 0 saturated carbocycles. The van der Waals surface area contributed by atoms with E-state index in [1.54, 1.807) is 6.07 Å². The van der Waals surface area contributed by atoms with Crippen LogP contribution in [0.15, 0.2) is 48.5 Å². The number of para-hydroxylation sites is 1. The SMILES string of the molecule is CC(C)N(Cc1cccc(O)c1)Cc1ccccc1N. The maximum absolute atomic E-state index is 9.56. The van der Waals surface area contributed by atoms with Gasteiger partial charge in [-0.15, -0.1) is 0 Å². The third-order valence-corrected chi connectivity index (χ3v) is 3.46. The van der Waals surface area contributed by atoms with Crippen molar-refractivity contribution >= 4 is 5.69 Å². The fraction of sp³-hybridized carbons (Fsp3) is 0.294. The second-order valence-corrected chi connectivity index (χ2v) is 5.37. The molecule has 0 spiro atoms. The van der Waals surface area contributed by atoms with Gasteiger partial charge < -0.3 is 10.8 Å². The Balaban J connectivity index is 2.14. The summed E-state index contributed by atoms with van der Waals surface area (Å²) < 4.78 is 0. The van der Waals surface area contributed by atoms with Gasteiger partial charge in [-0.25, -0.2) is 0 Å².